The number of nitrogens with zero attached hydrogens (tertiary/aromatic N) is 7. The summed E-state index contributed by atoms with van der Waals surface area (Å²) in [7, 11) is -2.45. The lowest BCUT2D eigenvalue weighted by Gasteiger charge is -2.34. The molecule has 1 aromatic rings. The summed E-state index contributed by atoms with van der Waals surface area (Å²) < 4.78 is 34.7. The summed E-state index contributed by atoms with van der Waals surface area (Å²) in [5.41, 5.74) is 1.86. The van der Waals surface area contributed by atoms with Gasteiger partial charge in [-0.3, -0.25) is 4.79 Å². The molecule has 4 rings (SSSR count). The Bertz CT molecular complexity index is 1580. The molecule has 18 nitrogen and oxygen atoms in total. The first-order valence-electron chi connectivity index (χ1n) is 14.6. The monoisotopic (exact) mass is 665 g/mol. The highest BCUT2D eigenvalue weighted by molar-refractivity contribution is 7.89. The average molecular weight is 666 g/mol. The molecule has 1 saturated heterocycles. The Hall–Kier alpha value is -4.65. The Kier molecular flexibility index (Phi) is 10.9. The van der Waals surface area contributed by atoms with E-state index in [9.17, 15) is 38.6 Å². The van der Waals surface area contributed by atoms with Crippen molar-refractivity contribution in [3.05, 3.63) is 55.3 Å². The van der Waals surface area contributed by atoms with Crippen LogP contribution >= 0.6 is 0 Å². The van der Waals surface area contributed by atoms with Crippen LogP contribution in [0.25, 0.3) is 0 Å². The van der Waals surface area contributed by atoms with Crippen LogP contribution in [0.3, 0.4) is 0 Å². The number of ether oxygens (including phenoxy) is 1. The van der Waals surface area contributed by atoms with Crippen LogP contribution in [0.4, 0.5) is 0 Å². The quantitative estimate of drug-likeness (QED) is 0.123. The molecular weight excluding hydrogens is 630 g/mol. The number of amidine groups is 1. The Morgan fingerprint density at radius 2 is 1.87 bits per heavy atom. The highest BCUT2D eigenvalue weighted by Gasteiger charge is 2.42. The van der Waals surface area contributed by atoms with Crippen LogP contribution in [0, 0.1) is 26.1 Å². The summed E-state index contributed by atoms with van der Waals surface area (Å²) in [4.78, 5) is 54.2. The number of carbonyl (C=O) groups is 1. The van der Waals surface area contributed by atoms with Gasteiger partial charge in [-0.15, -0.1) is 20.2 Å². The van der Waals surface area contributed by atoms with E-state index in [0.29, 0.717) is 36.4 Å². The van der Waals surface area contributed by atoms with Gasteiger partial charge in [-0.1, -0.05) is 25.4 Å². The van der Waals surface area contributed by atoms with E-state index in [1.165, 1.54) is 28.7 Å². The number of allylic oxidation sites excluding steroid dienone is 1. The third kappa shape index (κ3) is 7.25. The number of sulfonamides is 1. The molecule has 0 aliphatic carbocycles. The standard InChI is InChI=1S/C27H35N7O11S/c1-4-6-19-21(15-28-36)31(3)25-24(19)29-26(30-27(25)35)20-14-18(7-8-22(20)43-13-5-2)46(41,42)32-11-9-17(10-12-32)23(45-34(39)40)16-44-33(37)38/h7-8,14-15,17,23,25,36H,4-6,9-13,16H2,1-3H3/b28-15+/t23-,25?/m0/s1. The molecule has 1 aromatic carbocycles. The molecule has 0 aromatic heterocycles. The largest absolute Gasteiger partial charge is 0.493 e. The number of oxime groups is 1. The number of likely N-dealkylation sites (N-methyl/N-ethyl adjacent to an activating group) is 1. The lowest BCUT2D eigenvalue weighted by molar-refractivity contribution is -0.791. The predicted molar refractivity (Wildman–Crippen MR) is 161 cm³/mol. The maximum Gasteiger partial charge on any atom is 0.294 e. The van der Waals surface area contributed by atoms with Gasteiger partial charge in [-0.25, -0.2) is 13.4 Å². The minimum Gasteiger partial charge on any atom is -0.493 e. The molecule has 1 amide bonds. The van der Waals surface area contributed by atoms with Crippen LogP contribution in [0.1, 0.15) is 51.5 Å². The Labute approximate surface area is 264 Å². The van der Waals surface area contributed by atoms with Crippen molar-refractivity contribution in [2.24, 2.45) is 21.1 Å². The van der Waals surface area contributed by atoms with Crippen molar-refractivity contribution in [2.75, 3.05) is 33.4 Å². The molecule has 19 heteroatoms. The van der Waals surface area contributed by atoms with Crippen molar-refractivity contribution in [1.82, 2.24) is 9.21 Å². The van der Waals surface area contributed by atoms with Gasteiger partial charge in [0.05, 0.1) is 34.7 Å². The number of fused-ring (bicyclic) bond motifs is 1. The minimum absolute atomic E-state index is 0.0205. The summed E-state index contributed by atoms with van der Waals surface area (Å²) >= 11 is 0. The number of carbonyl (C=O) groups excluding carboxylic acids is 1. The molecule has 3 aliphatic heterocycles. The van der Waals surface area contributed by atoms with Gasteiger partial charge in [0.25, 0.3) is 16.1 Å². The molecule has 3 heterocycles. The first kappa shape index (κ1) is 34.2. The molecular formula is C27H35N7O11S. The zero-order valence-electron chi connectivity index (χ0n) is 25.5. The van der Waals surface area contributed by atoms with Crippen LogP contribution in [0.2, 0.25) is 0 Å². The number of hydrogen-bond acceptors (Lipinski definition) is 14. The van der Waals surface area contributed by atoms with E-state index in [1.807, 2.05) is 13.8 Å². The highest BCUT2D eigenvalue weighted by Crippen LogP contribution is 2.34. The molecule has 1 unspecified atom stereocenters. The molecule has 0 saturated carbocycles. The van der Waals surface area contributed by atoms with Gasteiger partial charge >= 0.3 is 0 Å². The zero-order chi connectivity index (χ0) is 33.6. The van der Waals surface area contributed by atoms with Gasteiger partial charge in [0.15, 0.2) is 11.9 Å². The number of rotatable bonds is 15. The summed E-state index contributed by atoms with van der Waals surface area (Å²) in [6, 6.07) is 3.38. The molecule has 3 aliphatic rings. The first-order valence-corrected chi connectivity index (χ1v) is 16.1. The first-order chi connectivity index (χ1) is 21.9. The fraction of sp³-hybridized carbons (Fsp3) is 0.556. The lowest BCUT2D eigenvalue weighted by Crippen LogP contribution is -2.43. The predicted octanol–water partition coefficient (Wildman–Crippen LogP) is 2.22. The maximum absolute atomic E-state index is 13.8. The number of benzene rings is 1. The van der Waals surface area contributed by atoms with E-state index >= 15 is 0 Å². The van der Waals surface area contributed by atoms with Gasteiger partial charge in [0, 0.05) is 25.7 Å². The second kappa shape index (κ2) is 14.6. The van der Waals surface area contributed by atoms with Gasteiger partial charge in [0.2, 0.25) is 10.0 Å². The summed E-state index contributed by atoms with van der Waals surface area (Å²) in [5.74, 6) is -0.835. The third-order valence-electron chi connectivity index (χ3n) is 7.88. The summed E-state index contributed by atoms with van der Waals surface area (Å²) in [5, 5.41) is 31.8. The molecule has 2 atom stereocenters. The minimum atomic E-state index is -4.12. The lowest BCUT2D eigenvalue weighted by atomic mass is 9.92. The van der Waals surface area contributed by atoms with Crippen molar-refractivity contribution in [3.63, 3.8) is 0 Å². The van der Waals surface area contributed by atoms with E-state index in [-0.39, 0.29) is 48.0 Å². The van der Waals surface area contributed by atoms with Crippen LogP contribution in [0.15, 0.2) is 49.5 Å². The number of amides is 1. The molecule has 1 N–H and O–H groups in total. The van der Waals surface area contributed by atoms with E-state index in [4.69, 9.17) is 9.73 Å². The van der Waals surface area contributed by atoms with Gasteiger partial charge < -0.3 is 24.5 Å². The Morgan fingerprint density at radius 3 is 2.48 bits per heavy atom. The van der Waals surface area contributed by atoms with E-state index in [0.717, 1.165) is 6.42 Å². The summed E-state index contributed by atoms with van der Waals surface area (Å²) in [6.45, 7) is 3.42. The van der Waals surface area contributed by atoms with Crippen LogP contribution in [-0.2, 0) is 24.5 Å². The number of aliphatic imine (C=N–C) groups is 2. The highest BCUT2D eigenvalue weighted by atomic mass is 32.2. The van der Waals surface area contributed by atoms with Gasteiger partial charge in [-0.2, -0.15) is 9.30 Å². The normalized spacial score (nSPS) is 19.9. The van der Waals surface area contributed by atoms with E-state index < -0.39 is 50.8 Å². The zero-order valence-corrected chi connectivity index (χ0v) is 26.3. The van der Waals surface area contributed by atoms with E-state index in [1.54, 1.807) is 11.9 Å². The van der Waals surface area contributed by atoms with Crippen molar-refractivity contribution in [1.29, 1.82) is 0 Å². The van der Waals surface area contributed by atoms with Crippen molar-refractivity contribution in [3.8, 4) is 5.75 Å². The fourth-order valence-electron chi connectivity index (χ4n) is 5.71. The smallest absolute Gasteiger partial charge is 0.294 e. The molecule has 46 heavy (non-hydrogen) atoms. The molecule has 0 spiro atoms. The number of piperidine rings is 1. The number of hydrogen-bond donors (Lipinski definition) is 1. The SMILES string of the molecule is CCCOc1ccc(S(=O)(=O)N2CCC([C@H](CO[N+](=O)[O-])O[N+](=O)[O-])CC2)cc1C1=NC(=O)C2C(=N1)C(CCC)=C(/C=N/O)N2C. The van der Waals surface area contributed by atoms with Crippen LogP contribution < -0.4 is 4.74 Å². The van der Waals surface area contributed by atoms with Gasteiger partial charge in [-0.05, 0) is 49.8 Å². The second-order valence-electron chi connectivity index (χ2n) is 10.8. The van der Waals surface area contributed by atoms with Crippen LogP contribution in [0.5, 0.6) is 5.75 Å². The van der Waals surface area contributed by atoms with Crippen molar-refractivity contribution in [2.45, 2.75) is 63.0 Å². The van der Waals surface area contributed by atoms with Crippen LogP contribution in [-0.4, -0.2) is 102 Å². The van der Waals surface area contributed by atoms with E-state index in [2.05, 4.69) is 19.8 Å². The second-order valence-corrected chi connectivity index (χ2v) is 12.7. The molecule has 250 valence electrons. The molecule has 0 radical (unpaired) electrons. The van der Waals surface area contributed by atoms with Gasteiger partial charge in [0.1, 0.15) is 18.5 Å². The Balaban J connectivity index is 1.65. The average Bonchev–Trinajstić information content (AvgIpc) is 3.28. The molecule has 0 bridgehead atoms. The summed E-state index contributed by atoms with van der Waals surface area (Å²) in [6.07, 6.45) is 2.15. The van der Waals surface area contributed by atoms with Crippen molar-refractivity contribution >= 4 is 33.7 Å². The maximum atomic E-state index is 13.8. The fourth-order valence-corrected chi connectivity index (χ4v) is 7.21. The topological polar surface area (TPSA) is 229 Å². The third-order valence-corrected chi connectivity index (χ3v) is 9.78. The Morgan fingerprint density at radius 1 is 1.15 bits per heavy atom. The van der Waals surface area contributed by atoms with Crippen molar-refractivity contribution < 1.29 is 43.0 Å². The molecule has 1 fully saturated rings.